The molecule has 1 amide bonds. The summed E-state index contributed by atoms with van der Waals surface area (Å²) in [5.74, 6) is -2.01. The number of amides is 1. The van der Waals surface area contributed by atoms with Crippen molar-refractivity contribution >= 4 is 27.6 Å². The molecule has 1 atom stereocenters. The maximum absolute atomic E-state index is 13.1. The number of rotatable bonds is 6. The normalized spacial score (nSPS) is 17.3. The summed E-state index contributed by atoms with van der Waals surface area (Å²) in [4.78, 5) is 24.3. The predicted molar refractivity (Wildman–Crippen MR) is 110 cm³/mol. The fourth-order valence-corrected chi connectivity index (χ4v) is 4.99. The Bertz CT molecular complexity index is 1020. The molecule has 2 aromatic rings. The van der Waals surface area contributed by atoms with Crippen molar-refractivity contribution in [2.45, 2.75) is 18.6 Å². The average Bonchev–Trinajstić information content (AvgIpc) is 2.75. The molecule has 0 bridgehead atoms. The lowest BCUT2D eigenvalue weighted by molar-refractivity contribution is -0.120. The number of carbonyl (C=O) groups is 2. The first kappa shape index (κ1) is 21.9. The molecular weight excluding hydrogens is 411 g/mol. The molecule has 3 rings (SSSR count). The van der Waals surface area contributed by atoms with Crippen molar-refractivity contribution in [2.75, 3.05) is 25.5 Å². The van der Waals surface area contributed by atoms with E-state index in [1.165, 1.54) is 41.7 Å². The van der Waals surface area contributed by atoms with E-state index in [-0.39, 0.29) is 18.2 Å². The maximum Gasteiger partial charge on any atom is 0.337 e. The van der Waals surface area contributed by atoms with Crippen LogP contribution < -0.4 is 5.32 Å². The van der Waals surface area contributed by atoms with Gasteiger partial charge < -0.3 is 10.1 Å². The highest BCUT2D eigenvalue weighted by Gasteiger charge is 2.32. The van der Waals surface area contributed by atoms with Crippen LogP contribution in [-0.4, -0.2) is 44.8 Å². The van der Waals surface area contributed by atoms with Gasteiger partial charge in [-0.3, -0.25) is 4.79 Å². The molecule has 0 aliphatic carbocycles. The van der Waals surface area contributed by atoms with Gasteiger partial charge in [0.2, 0.25) is 15.9 Å². The van der Waals surface area contributed by atoms with Crippen LogP contribution in [0.1, 0.15) is 28.8 Å². The predicted octanol–water partition coefficient (Wildman–Crippen LogP) is 2.79. The van der Waals surface area contributed by atoms with Crippen LogP contribution in [-0.2, 0) is 25.3 Å². The molecule has 0 unspecified atom stereocenters. The fraction of sp³-hybridized carbons (Fsp3) is 0.333. The number of methoxy groups -OCH3 is 1. The molecule has 7 nitrogen and oxygen atoms in total. The van der Waals surface area contributed by atoms with Crippen molar-refractivity contribution in [1.82, 2.24) is 4.31 Å². The third-order valence-electron chi connectivity index (χ3n) is 4.96. The molecule has 9 heteroatoms. The van der Waals surface area contributed by atoms with Crippen LogP contribution in [0.25, 0.3) is 0 Å². The number of esters is 1. The molecule has 160 valence electrons. The second-order valence-electron chi connectivity index (χ2n) is 7.14. The van der Waals surface area contributed by atoms with Crippen LogP contribution in [0.15, 0.2) is 48.5 Å². The summed E-state index contributed by atoms with van der Waals surface area (Å²) in [6.07, 6.45) is 1.12. The minimum absolute atomic E-state index is 0.0755. The Hall–Kier alpha value is -2.78. The van der Waals surface area contributed by atoms with E-state index in [9.17, 15) is 22.4 Å². The van der Waals surface area contributed by atoms with Crippen LogP contribution >= 0.6 is 0 Å². The number of anilines is 1. The third-order valence-corrected chi connectivity index (χ3v) is 6.78. The maximum atomic E-state index is 13.1. The fourth-order valence-electron chi connectivity index (χ4n) is 3.38. The number of sulfonamides is 1. The van der Waals surface area contributed by atoms with E-state index in [1.807, 2.05) is 0 Å². The van der Waals surface area contributed by atoms with E-state index in [0.717, 1.165) is 0 Å². The monoisotopic (exact) mass is 434 g/mol. The smallest absolute Gasteiger partial charge is 0.337 e. The van der Waals surface area contributed by atoms with Gasteiger partial charge in [0.05, 0.1) is 24.3 Å². The largest absolute Gasteiger partial charge is 0.465 e. The van der Waals surface area contributed by atoms with E-state index >= 15 is 0 Å². The van der Waals surface area contributed by atoms with Gasteiger partial charge in [0.1, 0.15) is 5.82 Å². The van der Waals surface area contributed by atoms with Crippen molar-refractivity contribution in [3.63, 3.8) is 0 Å². The zero-order valence-corrected chi connectivity index (χ0v) is 17.3. The summed E-state index contributed by atoms with van der Waals surface area (Å²) in [5, 5.41) is 2.75. The number of benzene rings is 2. The molecule has 1 heterocycles. The molecule has 0 radical (unpaired) electrons. The lowest BCUT2D eigenvalue weighted by atomic mass is 9.98. The topological polar surface area (TPSA) is 92.8 Å². The number of piperidine rings is 1. The van der Waals surface area contributed by atoms with Gasteiger partial charge in [-0.15, -0.1) is 0 Å². The highest BCUT2D eigenvalue weighted by Crippen LogP contribution is 2.23. The Labute approximate surface area is 174 Å². The minimum Gasteiger partial charge on any atom is -0.465 e. The van der Waals surface area contributed by atoms with Crippen LogP contribution in [0, 0.1) is 11.7 Å². The third kappa shape index (κ3) is 5.43. The first-order valence-corrected chi connectivity index (χ1v) is 11.1. The first-order valence-electron chi connectivity index (χ1n) is 9.50. The molecular formula is C21H23FN2O5S. The van der Waals surface area contributed by atoms with Crippen molar-refractivity contribution < 1.29 is 27.1 Å². The van der Waals surface area contributed by atoms with Gasteiger partial charge >= 0.3 is 5.97 Å². The van der Waals surface area contributed by atoms with Gasteiger partial charge in [0.25, 0.3) is 0 Å². The number of nitrogens with zero attached hydrogens (tertiary/aromatic N) is 1. The van der Waals surface area contributed by atoms with Crippen LogP contribution in [0.4, 0.5) is 10.1 Å². The summed E-state index contributed by atoms with van der Waals surface area (Å²) in [6, 6.07) is 11.7. The highest BCUT2D eigenvalue weighted by molar-refractivity contribution is 7.88. The molecule has 30 heavy (non-hydrogen) atoms. The van der Waals surface area contributed by atoms with Gasteiger partial charge in [0.15, 0.2) is 0 Å². The molecule has 1 saturated heterocycles. The number of carbonyl (C=O) groups excluding carboxylic acids is 2. The number of hydrogen-bond donors (Lipinski definition) is 1. The molecule has 1 fully saturated rings. The summed E-state index contributed by atoms with van der Waals surface area (Å²) in [7, 11) is -2.37. The van der Waals surface area contributed by atoms with Crippen molar-refractivity contribution in [1.29, 1.82) is 0 Å². The van der Waals surface area contributed by atoms with E-state index in [1.54, 1.807) is 18.2 Å². The van der Waals surface area contributed by atoms with Crippen LogP contribution in [0.2, 0.25) is 0 Å². The van der Waals surface area contributed by atoms with Crippen LogP contribution in [0.3, 0.4) is 0 Å². The van der Waals surface area contributed by atoms with Gasteiger partial charge in [-0.2, -0.15) is 0 Å². The van der Waals surface area contributed by atoms with E-state index < -0.39 is 27.7 Å². The molecule has 1 aliphatic heterocycles. The molecule has 0 spiro atoms. The number of nitrogens with one attached hydrogen (secondary N) is 1. The molecule has 0 saturated carbocycles. The zero-order valence-electron chi connectivity index (χ0n) is 16.5. The summed E-state index contributed by atoms with van der Waals surface area (Å²) >= 11 is 0. The minimum atomic E-state index is -3.64. The molecule has 0 aromatic heterocycles. The molecule has 1 aliphatic rings. The van der Waals surface area contributed by atoms with Crippen molar-refractivity contribution in [3.05, 3.63) is 65.5 Å². The van der Waals surface area contributed by atoms with Crippen LogP contribution in [0.5, 0.6) is 0 Å². The van der Waals surface area contributed by atoms with Crippen molar-refractivity contribution in [3.8, 4) is 0 Å². The van der Waals surface area contributed by atoms with Gasteiger partial charge in [-0.05, 0) is 48.7 Å². The summed E-state index contributed by atoms with van der Waals surface area (Å²) < 4.78 is 44.6. The number of ether oxygens (including phenoxy) is 1. The second-order valence-corrected chi connectivity index (χ2v) is 9.11. The Morgan fingerprint density at radius 2 is 1.93 bits per heavy atom. The van der Waals surface area contributed by atoms with Gasteiger partial charge in [0, 0.05) is 18.8 Å². The summed E-state index contributed by atoms with van der Waals surface area (Å²) in [6.45, 7) is 0.414. The Kier molecular flexibility index (Phi) is 6.84. The first-order chi connectivity index (χ1) is 14.3. The van der Waals surface area contributed by atoms with E-state index in [0.29, 0.717) is 36.2 Å². The molecule has 1 N–H and O–H groups in total. The Balaban J connectivity index is 1.65. The Morgan fingerprint density at radius 1 is 1.20 bits per heavy atom. The second kappa shape index (κ2) is 9.36. The highest BCUT2D eigenvalue weighted by atomic mass is 32.2. The van der Waals surface area contributed by atoms with Gasteiger partial charge in [-0.1, -0.05) is 18.2 Å². The lowest BCUT2D eigenvalue weighted by Crippen LogP contribution is -2.44. The van der Waals surface area contributed by atoms with Gasteiger partial charge in [-0.25, -0.2) is 21.9 Å². The lowest BCUT2D eigenvalue weighted by Gasteiger charge is -2.31. The van der Waals surface area contributed by atoms with E-state index in [4.69, 9.17) is 0 Å². The van der Waals surface area contributed by atoms with Crippen molar-refractivity contribution in [2.24, 2.45) is 5.92 Å². The average molecular weight is 434 g/mol. The zero-order chi connectivity index (χ0) is 21.7. The molecule has 2 aromatic carbocycles. The SMILES string of the molecule is COC(=O)c1cccc(NC(=O)[C@H]2CCCN(S(=O)(=O)Cc3ccc(F)cc3)C2)c1. The standard InChI is InChI=1S/C21H23FN2O5S/c1-29-21(26)16-4-2-6-19(12-16)23-20(25)17-5-3-11-24(13-17)30(27,28)14-15-7-9-18(22)10-8-15/h2,4,6-10,12,17H,3,5,11,13-14H2,1H3,(H,23,25)/t17-/m0/s1. The quantitative estimate of drug-likeness (QED) is 0.706. The number of hydrogen-bond acceptors (Lipinski definition) is 5. The van der Waals surface area contributed by atoms with E-state index in [2.05, 4.69) is 10.1 Å². The summed E-state index contributed by atoms with van der Waals surface area (Å²) in [5.41, 5.74) is 1.24. The Morgan fingerprint density at radius 3 is 2.63 bits per heavy atom. The number of halogens is 1.